The minimum atomic E-state index is -0.636. The van der Waals surface area contributed by atoms with Gasteiger partial charge in [0.05, 0.1) is 20.3 Å². The second-order valence-corrected chi connectivity index (χ2v) is 7.50. The number of amides is 1. The molecule has 3 N–H and O–H groups in total. The molecule has 3 rings (SSSR count). The van der Waals surface area contributed by atoms with Gasteiger partial charge in [-0.1, -0.05) is 6.07 Å². The van der Waals surface area contributed by atoms with E-state index in [4.69, 9.17) is 19.9 Å². The number of ether oxygens (including phenoxy) is 3. The van der Waals surface area contributed by atoms with Gasteiger partial charge in [-0.25, -0.2) is 4.79 Å². The summed E-state index contributed by atoms with van der Waals surface area (Å²) in [6.45, 7) is 5.15. The summed E-state index contributed by atoms with van der Waals surface area (Å²) in [5.41, 5.74) is 5.44. The topological polar surface area (TPSA) is 127 Å². The standard InChI is InChI=1S/C23H30N4O6/c1-4-26-21(24)20(22(29)27(5-2)23(26)30)25-19(28)9-7-15-6-8-17(31-3)18(14-15)33-16-10-12-32-13-11-16/h6-9,14,16H,4-5,10-13,24H2,1-3H3,(H,25,28)/b9-7+. The number of hydrogen-bond acceptors (Lipinski definition) is 7. The lowest BCUT2D eigenvalue weighted by molar-refractivity contribution is -0.111. The third-order valence-electron chi connectivity index (χ3n) is 5.43. The maximum absolute atomic E-state index is 12.6. The molecule has 10 heteroatoms. The van der Waals surface area contributed by atoms with Gasteiger partial charge in [0.2, 0.25) is 5.91 Å². The van der Waals surface area contributed by atoms with Crippen molar-refractivity contribution < 1.29 is 19.0 Å². The van der Waals surface area contributed by atoms with Crippen LogP contribution in [0.1, 0.15) is 32.3 Å². The van der Waals surface area contributed by atoms with E-state index in [1.54, 1.807) is 45.2 Å². The molecule has 1 fully saturated rings. The van der Waals surface area contributed by atoms with Crippen LogP contribution in [-0.4, -0.2) is 41.5 Å². The van der Waals surface area contributed by atoms with Crippen molar-refractivity contribution >= 4 is 23.5 Å². The van der Waals surface area contributed by atoms with Gasteiger partial charge in [0, 0.05) is 32.0 Å². The van der Waals surface area contributed by atoms with E-state index < -0.39 is 17.2 Å². The van der Waals surface area contributed by atoms with Gasteiger partial charge in [-0.3, -0.25) is 18.7 Å². The monoisotopic (exact) mass is 458 g/mol. The largest absolute Gasteiger partial charge is 0.493 e. The lowest BCUT2D eigenvalue weighted by atomic mass is 10.1. The first kappa shape index (κ1) is 24.1. The zero-order valence-electron chi connectivity index (χ0n) is 19.1. The first-order valence-electron chi connectivity index (χ1n) is 10.9. The third-order valence-corrected chi connectivity index (χ3v) is 5.43. The van der Waals surface area contributed by atoms with Gasteiger partial charge in [0.25, 0.3) is 5.56 Å². The highest BCUT2D eigenvalue weighted by molar-refractivity contribution is 6.03. The van der Waals surface area contributed by atoms with Gasteiger partial charge in [0.1, 0.15) is 17.6 Å². The van der Waals surface area contributed by atoms with Crippen molar-refractivity contribution in [1.82, 2.24) is 9.13 Å². The summed E-state index contributed by atoms with van der Waals surface area (Å²) in [5, 5.41) is 2.51. The van der Waals surface area contributed by atoms with Crippen molar-refractivity contribution in [3.05, 3.63) is 50.7 Å². The summed E-state index contributed by atoms with van der Waals surface area (Å²) in [7, 11) is 1.57. The van der Waals surface area contributed by atoms with E-state index in [0.29, 0.717) is 30.3 Å². The predicted molar refractivity (Wildman–Crippen MR) is 126 cm³/mol. The molecule has 10 nitrogen and oxygen atoms in total. The summed E-state index contributed by atoms with van der Waals surface area (Å²) >= 11 is 0. The number of aromatic nitrogens is 2. The number of nitrogens with zero attached hydrogens (tertiary/aromatic N) is 2. The number of anilines is 2. The van der Waals surface area contributed by atoms with Gasteiger partial charge < -0.3 is 25.3 Å². The van der Waals surface area contributed by atoms with Crippen LogP contribution in [0.25, 0.3) is 6.08 Å². The second kappa shape index (κ2) is 10.9. The second-order valence-electron chi connectivity index (χ2n) is 7.50. The highest BCUT2D eigenvalue weighted by Crippen LogP contribution is 2.31. The first-order valence-corrected chi connectivity index (χ1v) is 10.9. The van der Waals surface area contributed by atoms with Crippen molar-refractivity contribution in [3.63, 3.8) is 0 Å². The summed E-state index contributed by atoms with van der Waals surface area (Å²) in [6, 6.07) is 5.34. The van der Waals surface area contributed by atoms with E-state index in [1.807, 2.05) is 0 Å². The average molecular weight is 459 g/mol. The molecule has 0 unspecified atom stereocenters. The molecule has 0 radical (unpaired) electrons. The van der Waals surface area contributed by atoms with Crippen LogP contribution in [0.5, 0.6) is 11.5 Å². The van der Waals surface area contributed by atoms with Gasteiger partial charge in [0.15, 0.2) is 11.5 Å². The van der Waals surface area contributed by atoms with E-state index in [-0.39, 0.29) is 30.7 Å². The Labute approximate surface area is 191 Å². The molecule has 1 aliphatic heterocycles. The SMILES string of the molecule is CCn1c(N)c(NC(=O)/C=C/c2ccc(OC)c(OC3CCOCC3)c2)c(=O)n(CC)c1=O. The zero-order valence-corrected chi connectivity index (χ0v) is 19.1. The van der Waals surface area contributed by atoms with Crippen LogP contribution in [-0.2, 0) is 22.6 Å². The number of nitrogen functional groups attached to an aromatic ring is 1. The molecule has 1 aromatic heterocycles. The molecule has 0 bridgehead atoms. The minimum absolute atomic E-state index is 0.0353. The van der Waals surface area contributed by atoms with E-state index in [2.05, 4.69) is 5.32 Å². The maximum atomic E-state index is 12.6. The molecule has 2 heterocycles. The van der Waals surface area contributed by atoms with Crippen molar-refractivity contribution in [3.8, 4) is 11.5 Å². The molecule has 1 amide bonds. The van der Waals surface area contributed by atoms with Crippen molar-refractivity contribution in [2.24, 2.45) is 0 Å². The molecule has 1 aromatic carbocycles. The molecular weight excluding hydrogens is 428 g/mol. The van der Waals surface area contributed by atoms with Crippen LogP contribution in [0.4, 0.5) is 11.5 Å². The fraction of sp³-hybridized carbons (Fsp3) is 0.435. The molecule has 33 heavy (non-hydrogen) atoms. The number of hydrogen-bond donors (Lipinski definition) is 2. The Morgan fingerprint density at radius 3 is 2.52 bits per heavy atom. The summed E-state index contributed by atoms with van der Waals surface area (Å²) in [5.74, 6) is 0.552. The lowest BCUT2D eigenvalue weighted by Crippen LogP contribution is -2.42. The first-order chi connectivity index (χ1) is 15.9. The summed E-state index contributed by atoms with van der Waals surface area (Å²) in [4.78, 5) is 37.5. The van der Waals surface area contributed by atoms with Gasteiger partial charge in [-0.15, -0.1) is 0 Å². The van der Waals surface area contributed by atoms with Gasteiger partial charge in [-0.05, 0) is 37.6 Å². The van der Waals surface area contributed by atoms with Crippen molar-refractivity contribution in [1.29, 1.82) is 0 Å². The Morgan fingerprint density at radius 1 is 1.18 bits per heavy atom. The molecular formula is C23H30N4O6. The van der Waals surface area contributed by atoms with Crippen LogP contribution >= 0.6 is 0 Å². The Kier molecular flexibility index (Phi) is 7.94. The lowest BCUT2D eigenvalue weighted by Gasteiger charge is -2.24. The van der Waals surface area contributed by atoms with Crippen LogP contribution < -0.4 is 31.8 Å². The molecule has 0 saturated carbocycles. The number of methoxy groups -OCH3 is 1. The van der Waals surface area contributed by atoms with Gasteiger partial charge >= 0.3 is 5.69 Å². The van der Waals surface area contributed by atoms with Gasteiger partial charge in [-0.2, -0.15) is 0 Å². The van der Waals surface area contributed by atoms with E-state index >= 15 is 0 Å². The quantitative estimate of drug-likeness (QED) is 0.578. The number of benzene rings is 1. The van der Waals surface area contributed by atoms with Crippen LogP contribution in [0.3, 0.4) is 0 Å². The van der Waals surface area contributed by atoms with E-state index in [9.17, 15) is 14.4 Å². The number of nitrogens with one attached hydrogen (secondary N) is 1. The normalized spacial score (nSPS) is 14.4. The molecule has 1 saturated heterocycles. The fourth-order valence-electron chi connectivity index (χ4n) is 3.62. The zero-order chi connectivity index (χ0) is 24.0. The smallest absolute Gasteiger partial charge is 0.332 e. The molecule has 2 aromatic rings. The predicted octanol–water partition coefficient (Wildman–Crippen LogP) is 1.85. The molecule has 0 atom stereocenters. The van der Waals surface area contributed by atoms with Crippen molar-refractivity contribution in [2.45, 2.75) is 45.9 Å². The van der Waals surface area contributed by atoms with E-state index in [0.717, 1.165) is 17.4 Å². The molecule has 0 aliphatic carbocycles. The maximum Gasteiger partial charge on any atom is 0.332 e. The highest BCUT2D eigenvalue weighted by atomic mass is 16.5. The Hall–Kier alpha value is -3.53. The average Bonchev–Trinajstić information content (AvgIpc) is 2.82. The molecule has 0 spiro atoms. The highest BCUT2D eigenvalue weighted by Gasteiger charge is 2.18. The number of rotatable bonds is 8. The number of nitrogens with two attached hydrogens (primary N) is 1. The summed E-state index contributed by atoms with van der Waals surface area (Å²) in [6.07, 6.45) is 4.50. The Bertz CT molecular complexity index is 1140. The number of carbonyl (C=O) groups excluding carboxylic acids is 1. The third kappa shape index (κ3) is 5.46. The van der Waals surface area contributed by atoms with Crippen LogP contribution in [0.2, 0.25) is 0 Å². The molecule has 178 valence electrons. The number of carbonyl (C=O) groups is 1. The summed E-state index contributed by atoms with van der Waals surface area (Å²) < 4.78 is 19.1. The van der Waals surface area contributed by atoms with Crippen molar-refractivity contribution in [2.75, 3.05) is 31.4 Å². The Morgan fingerprint density at radius 2 is 1.88 bits per heavy atom. The van der Waals surface area contributed by atoms with E-state index in [1.165, 1.54) is 10.6 Å². The minimum Gasteiger partial charge on any atom is -0.493 e. The van der Waals surface area contributed by atoms with Crippen LogP contribution in [0, 0.1) is 0 Å². The Balaban J connectivity index is 1.80. The fourth-order valence-corrected chi connectivity index (χ4v) is 3.62. The van der Waals surface area contributed by atoms with Crippen LogP contribution in [0.15, 0.2) is 33.9 Å². The molecule has 1 aliphatic rings.